The third kappa shape index (κ3) is 3.46. The first-order valence-electron chi connectivity index (χ1n) is 7.37. The van der Waals surface area contributed by atoms with Crippen molar-refractivity contribution >= 4 is 5.78 Å². The quantitative estimate of drug-likeness (QED) is 0.837. The summed E-state index contributed by atoms with van der Waals surface area (Å²) in [6.45, 7) is 6.88. The van der Waals surface area contributed by atoms with Crippen LogP contribution in [0.3, 0.4) is 0 Å². The van der Waals surface area contributed by atoms with Gasteiger partial charge in [0.05, 0.1) is 0 Å². The third-order valence-corrected chi connectivity index (χ3v) is 4.63. The molecule has 1 aliphatic rings. The van der Waals surface area contributed by atoms with Gasteiger partial charge in [0.15, 0.2) is 0 Å². The SMILES string of the molecule is Cn1ccnc1CCC1CC(C(C)(C)C)CCC1=O. The van der Waals surface area contributed by atoms with Gasteiger partial charge in [-0.25, -0.2) is 4.98 Å². The van der Waals surface area contributed by atoms with Gasteiger partial charge in [-0.15, -0.1) is 0 Å². The molecule has 2 unspecified atom stereocenters. The minimum absolute atomic E-state index is 0.245. The van der Waals surface area contributed by atoms with Crippen LogP contribution in [0.4, 0.5) is 0 Å². The Bertz CT molecular complexity index is 442. The van der Waals surface area contributed by atoms with Crippen LogP contribution in [-0.2, 0) is 18.3 Å². The van der Waals surface area contributed by atoms with Crippen molar-refractivity contribution in [1.29, 1.82) is 0 Å². The molecule has 1 heterocycles. The summed E-state index contributed by atoms with van der Waals surface area (Å²) in [6.07, 6.45) is 8.57. The van der Waals surface area contributed by atoms with Crippen LogP contribution in [0.25, 0.3) is 0 Å². The standard InChI is InChI=1S/C16H26N2O/c1-16(2,3)13-6-7-14(19)12(11-13)5-8-15-17-9-10-18(15)4/h9-10,12-13H,5-8,11H2,1-4H3. The first-order chi connectivity index (χ1) is 8.88. The van der Waals surface area contributed by atoms with Crippen molar-refractivity contribution in [3.8, 4) is 0 Å². The number of Topliss-reactive ketones (excluding diaryl/α,β-unsaturated/α-hetero) is 1. The summed E-state index contributed by atoms with van der Waals surface area (Å²) < 4.78 is 2.05. The number of rotatable bonds is 3. The Labute approximate surface area is 116 Å². The van der Waals surface area contributed by atoms with Crippen LogP contribution < -0.4 is 0 Å². The fourth-order valence-electron chi connectivity index (χ4n) is 3.12. The molecule has 0 aromatic carbocycles. The van der Waals surface area contributed by atoms with Crippen LogP contribution in [0.5, 0.6) is 0 Å². The average molecular weight is 262 g/mol. The molecule has 0 radical (unpaired) electrons. The average Bonchev–Trinajstić information content (AvgIpc) is 2.72. The maximum atomic E-state index is 12.1. The van der Waals surface area contributed by atoms with Crippen LogP contribution in [0.15, 0.2) is 12.4 Å². The van der Waals surface area contributed by atoms with E-state index in [-0.39, 0.29) is 5.92 Å². The zero-order valence-electron chi connectivity index (χ0n) is 12.6. The van der Waals surface area contributed by atoms with Crippen LogP contribution in [-0.4, -0.2) is 15.3 Å². The molecule has 0 amide bonds. The molecular formula is C16H26N2O. The Morgan fingerprint density at radius 3 is 2.74 bits per heavy atom. The molecule has 2 atom stereocenters. The number of aromatic nitrogens is 2. The lowest BCUT2D eigenvalue weighted by molar-refractivity contribution is -0.126. The van der Waals surface area contributed by atoms with Gasteiger partial charge in [-0.1, -0.05) is 20.8 Å². The summed E-state index contributed by atoms with van der Waals surface area (Å²) in [4.78, 5) is 16.4. The molecule has 1 aromatic heterocycles. The predicted octanol–water partition coefficient (Wildman–Crippen LogP) is 3.38. The minimum atomic E-state index is 0.245. The summed E-state index contributed by atoms with van der Waals surface area (Å²) in [5.41, 5.74) is 0.322. The second-order valence-corrected chi connectivity index (χ2v) is 6.99. The molecule has 19 heavy (non-hydrogen) atoms. The van der Waals surface area contributed by atoms with E-state index in [2.05, 4.69) is 30.3 Å². The molecule has 3 heteroatoms. The fourth-order valence-corrected chi connectivity index (χ4v) is 3.12. The highest BCUT2D eigenvalue weighted by Crippen LogP contribution is 2.40. The molecule has 1 aromatic rings. The van der Waals surface area contributed by atoms with E-state index in [1.165, 1.54) is 0 Å². The number of hydrogen-bond donors (Lipinski definition) is 0. The van der Waals surface area contributed by atoms with Gasteiger partial charge < -0.3 is 4.57 Å². The summed E-state index contributed by atoms with van der Waals surface area (Å²) >= 11 is 0. The zero-order valence-corrected chi connectivity index (χ0v) is 12.6. The molecule has 0 bridgehead atoms. The lowest BCUT2D eigenvalue weighted by atomic mass is 9.68. The second kappa shape index (κ2) is 5.48. The maximum absolute atomic E-state index is 12.1. The van der Waals surface area contributed by atoms with Crippen molar-refractivity contribution in [3.63, 3.8) is 0 Å². The molecule has 3 nitrogen and oxygen atoms in total. The van der Waals surface area contributed by atoms with E-state index < -0.39 is 0 Å². The van der Waals surface area contributed by atoms with Crippen LogP contribution in [0.2, 0.25) is 0 Å². The highest BCUT2D eigenvalue weighted by molar-refractivity contribution is 5.81. The van der Waals surface area contributed by atoms with Crippen molar-refractivity contribution < 1.29 is 4.79 Å². The number of carbonyl (C=O) groups excluding carboxylic acids is 1. The smallest absolute Gasteiger partial charge is 0.136 e. The first-order valence-corrected chi connectivity index (χ1v) is 7.37. The molecule has 106 valence electrons. The monoisotopic (exact) mass is 262 g/mol. The summed E-state index contributed by atoms with van der Waals surface area (Å²) in [6, 6.07) is 0. The van der Waals surface area contributed by atoms with Gasteiger partial charge in [-0.3, -0.25) is 4.79 Å². The Morgan fingerprint density at radius 1 is 1.42 bits per heavy atom. The lowest BCUT2D eigenvalue weighted by Crippen LogP contribution is -2.32. The molecule has 0 saturated heterocycles. The van der Waals surface area contributed by atoms with Gasteiger partial charge in [0, 0.05) is 38.2 Å². The Hall–Kier alpha value is -1.12. The summed E-state index contributed by atoms with van der Waals surface area (Å²) in [5.74, 6) is 2.48. The highest BCUT2D eigenvalue weighted by Gasteiger charge is 2.34. The molecule has 2 rings (SSSR count). The first kappa shape index (κ1) is 14.3. The molecule has 0 spiro atoms. The van der Waals surface area contributed by atoms with Gasteiger partial charge in [0.25, 0.3) is 0 Å². The van der Waals surface area contributed by atoms with Gasteiger partial charge >= 0.3 is 0 Å². The number of imidazole rings is 1. The molecule has 1 fully saturated rings. The van der Waals surface area contributed by atoms with E-state index in [0.717, 1.165) is 37.9 Å². The van der Waals surface area contributed by atoms with Crippen LogP contribution in [0.1, 0.15) is 52.3 Å². The largest absolute Gasteiger partial charge is 0.338 e. The number of ketones is 1. The zero-order chi connectivity index (χ0) is 14.0. The third-order valence-electron chi connectivity index (χ3n) is 4.63. The van der Waals surface area contributed by atoms with Crippen molar-refractivity contribution in [3.05, 3.63) is 18.2 Å². The molecule has 0 N–H and O–H groups in total. The molecule has 0 aliphatic heterocycles. The van der Waals surface area contributed by atoms with E-state index in [0.29, 0.717) is 17.1 Å². The summed E-state index contributed by atoms with van der Waals surface area (Å²) in [7, 11) is 2.02. The number of hydrogen-bond acceptors (Lipinski definition) is 2. The molecule has 1 aliphatic carbocycles. The Morgan fingerprint density at radius 2 is 2.16 bits per heavy atom. The predicted molar refractivity (Wildman–Crippen MR) is 76.8 cm³/mol. The van der Waals surface area contributed by atoms with E-state index in [4.69, 9.17) is 0 Å². The van der Waals surface area contributed by atoms with Crippen molar-refractivity contribution in [2.24, 2.45) is 24.3 Å². The molecular weight excluding hydrogens is 236 g/mol. The number of carbonyl (C=O) groups is 1. The van der Waals surface area contributed by atoms with E-state index in [1.54, 1.807) is 0 Å². The van der Waals surface area contributed by atoms with Crippen molar-refractivity contribution in [1.82, 2.24) is 9.55 Å². The number of nitrogens with zero attached hydrogens (tertiary/aromatic N) is 2. The molecule has 1 saturated carbocycles. The Balaban J connectivity index is 1.95. The van der Waals surface area contributed by atoms with Crippen molar-refractivity contribution in [2.45, 2.75) is 52.9 Å². The van der Waals surface area contributed by atoms with E-state index in [1.807, 2.05) is 19.4 Å². The van der Waals surface area contributed by atoms with Gasteiger partial charge in [0.1, 0.15) is 11.6 Å². The summed E-state index contributed by atoms with van der Waals surface area (Å²) in [5, 5.41) is 0. The lowest BCUT2D eigenvalue weighted by Gasteiger charge is -2.37. The fraction of sp³-hybridized carbons (Fsp3) is 0.750. The van der Waals surface area contributed by atoms with Crippen molar-refractivity contribution in [2.75, 3.05) is 0 Å². The van der Waals surface area contributed by atoms with Gasteiger partial charge in [-0.05, 0) is 30.6 Å². The van der Waals surface area contributed by atoms with E-state index >= 15 is 0 Å². The normalized spacial score (nSPS) is 24.7. The highest BCUT2D eigenvalue weighted by atomic mass is 16.1. The maximum Gasteiger partial charge on any atom is 0.136 e. The Kier molecular flexibility index (Phi) is 4.12. The van der Waals surface area contributed by atoms with Gasteiger partial charge in [-0.2, -0.15) is 0 Å². The second-order valence-electron chi connectivity index (χ2n) is 6.99. The van der Waals surface area contributed by atoms with E-state index in [9.17, 15) is 4.79 Å². The van der Waals surface area contributed by atoms with Crippen LogP contribution >= 0.6 is 0 Å². The topological polar surface area (TPSA) is 34.9 Å². The minimum Gasteiger partial charge on any atom is -0.338 e. The van der Waals surface area contributed by atoms with Crippen LogP contribution in [0, 0.1) is 17.3 Å². The van der Waals surface area contributed by atoms with Gasteiger partial charge in [0.2, 0.25) is 0 Å². The number of aryl methyl sites for hydroxylation is 2.